The van der Waals surface area contributed by atoms with Crippen molar-refractivity contribution in [3.05, 3.63) is 24.0 Å². The van der Waals surface area contributed by atoms with Crippen LogP contribution in [0.4, 0.5) is 0 Å². The smallest absolute Gasteiger partial charge is 0.131 e. The molecule has 0 spiro atoms. The van der Waals surface area contributed by atoms with E-state index in [4.69, 9.17) is 16.3 Å². The van der Waals surface area contributed by atoms with Crippen LogP contribution in [0.2, 0.25) is 0 Å². The summed E-state index contributed by atoms with van der Waals surface area (Å²) in [6, 6.07) is 4.13. The Labute approximate surface area is 76.9 Å². The van der Waals surface area contributed by atoms with Crippen molar-refractivity contribution in [1.82, 2.24) is 4.98 Å². The number of alkyl halides is 1. The highest BCUT2D eigenvalue weighted by atomic mass is 35.5. The van der Waals surface area contributed by atoms with Gasteiger partial charge in [-0.05, 0) is 25.0 Å². The van der Waals surface area contributed by atoms with Gasteiger partial charge in [0.2, 0.25) is 0 Å². The van der Waals surface area contributed by atoms with Crippen LogP contribution in [0.15, 0.2) is 18.3 Å². The minimum atomic E-state index is -0.105. The van der Waals surface area contributed by atoms with Crippen molar-refractivity contribution >= 4 is 11.6 Å². The summed E-state index contributed by atoms with van der Waals surface area (Å²) in [5.74, 6) is 0.552. The number of ether oxygens (including phenoxy) is 1. The minimum Gasteiger partial charge on any atom is -0.365 e. The first kappa shape index (κ1) is 8.14. The first-order chi connectivity index (χ1) is 5.86. The Morgan fingerprint density at radius 3 is 3.17 bits per heavy atom. The van der Waals surface area contributed by atoms with E-state index in [1.54, 1.807) is 0 Å². The Morgan fingerprint density at radius 1 is 1.58 bits per heavy atom. The summed E-state index contributed by atoms with van der Waals surface area (Å²) in [6.45, 7) is 0.776. The molecule has 3 heteroatoms. The van der Waals surface area contributed by atoms with Gasteiger partial charge < -0.3 is 9.72 Å². The van der Waals surface area contributed by atoms with E-state index in [0.717, 1.165) is 19.4 Å². The van der Waals surface area contributed by atoms with E-state index >= 15 is 0 Å². The Kier molecular flexibility index (Phi) is 2.38. The summed E-state index contributed by atoms with van der Waals surface area (Å²) in [7, 11) is 0. The largest absolute Gasteiger partial charge is 0.365 e. The molecule has 1 aromatic heterocycles. The van der Waals surface area contributed by atoms with E-state index in [-0.39, 0.29) is 5.56 Å². The maximum atomic E-state index is 5.89. The number of halogens is 1. The molecule has 2 nitrogen and oxygen atoms in total. The highest BCUT2D eigenvalue weighted by Gasteiger charge is 2.22. The first-order valence-corrected chi connectivity index (χ1v) is 4.69. The monoisotopic (exact) mass is 185 g/mol. The molecule has 2 unspecified atom stereocenters. The third-order valence-corrected chi connectivity index (χ3v) is 2.60. The van der Waals surface area contributed by atoms with E-state index in [2.05, 4.69) is 11.1 Å². The fourth-order valence-corrected chi connectivity index (χ4v) is 1.93. The van der Waals surface area contributed by atoms with Crippen molar-refractivity contribution in [2.45, 2.75) is 24.3 Å². The van der Waals surface area contributed by atoms with Gasteiger partial charge in [0.25, 0.3) is 0 Å². The maximum absolute atomic E-state index is 5.89. The summed E-state index contributed by atoms with van der Waals surface area (Å²) in [5.41, 5.74) is 1.18. The molecule has 1 aliphatic heterocycles. The average Bonchev–Trinajstić information content (AvgIpc) is 2.56. The molecule has 1 fully saturated rings. The Hall–Kier alpha value is -0.470. The second-order valence-corrected chi connectivity index (χ2v) is 3.61. The molecule has 0 bridgehead atoms. The summed E-state index contributed by atoms with van der Waals surface area (Å²) in [6.07, 6.45) is 3.94. The summed E-state index contributed by atoms with van der Waals surface area (Å²) >= 11 is 5.89. The third kappa shape index (κ3) is 1.65. The van der Waals surface area contributed by atoms with E-state index < -0.39 is 0 Å². The molecule has 0 amide bonds. The Morgan fingerprint density at radius 2 is 2.50 bits per heavy atom. The summed E-state index contributed by atoms with van der Waals surface area (Å²) < 4.78 is 5.26. The number of aromatic nitrogens is 1. The van der Waals surface area contributed by atoms with Crippen LogP contribution < -0.4 is 0 Å². The molecule has 1 saturated heterocycles. The van der Waals surface area contributed by atoms with Gasteiger partial charge in [0.15, 0.2) is 0 Å². The molecule has 2 heterocycles. The van der Waals surface area contributed by atoms with E-state index in [1.807, 2.05) is 12.3 Å². The van der Waals surface area contributed by atoms with Crippen LogP contribution in [0.25, 0.3) is 0 Å². The molecule has 12 heavy (non-hydrogen) atoms. The van der Waals surface area contributed by atoms with Crippen LogP contribution in [0.3, 0.4) is 0 Å². The molecule has 0 aromatic carbocycles. The zero-order chi connectivity index (χ0) is 8.39. The van der Waals surface area contributed by atoms with Gasteiger partial charge in [0.1, 0.15) is 5.56 Å². The molecule has 1 aromatic rings. The van der Waals surface area contributed by atoms with Crippen LogP contribution in [0, 0.1) is 0 Å². The zero-order valence-electron chi connectivity index (χ0n) is 6.79. The van der Waals surface area contributed by atoms with Crippen molar-refractivity contribution in [3.8, 4) is 0 Å². The van der Waals surface area contributed by atoms with Crippen LogP contribution >= 0.6 is 11.6 Å². The quantitative estimate of drug-likeness (QED) is 0.669. The van der Waals surface area contributed by atoms with Crippen LogP contribution in [0.1, 0.15) is 24.5 Å². The molecule has 1 aliphatic rings. The molecule has 1 N–H and O–H groups in total. The summed E-state index contributed by atoms with van der Waals surface area (Å²) in [4.78, 5) is 3.21. The lowest BCUT2D eigenvalue weighted by Gasteiger charge is -2.24. The van der Waals surface area contributed by atoms with Gasteiger partial charge in [-0.2, -0.15) is 0 Å². The molecule has 2 rings (SSSR count). The predicted molar refractivity (Wildman–Crippen MR) is 48.4 cm³/mol. The minimum absolute atomic E-state index is 0.105. The van der Waals surface area contributed by atoms with Gasteiger partial charge in [-0.3, -0.25) is 0 Å². The van der Waals surface area contributed by atoms with Crippen molar-refractivity contribution in [3.63, 3.8) is 0 Å². The van der Waals surface area contributed by atoms with Gasteiger partial charge in [-0.1, -0.05) is 11.6 Å². The molecule has 0 saturated carbocycles. The molecule has 66 valence electrons. The highest BCUT2D eigenvalue weighted by molar-refractivity contribution is 6.19. The van der Waals surface area contributed by atoms with E-state index in [1.165, 1.54) is 5.69 Å². The molecule has 0 aliphatic carbocycles. The second kappa shape index (κ2) is 3.50. The number of rotatable bonds is 1. The zero-order valence-corrected chi connectivity index (χ0v) is 7.55. The number of nitrogens with one attached hydrogen (secondary N) is 1. The van der Waals surface area contributed by atoms with Crippen LogP contribution in [0.5, 0.6) is 0 Å². The fraction of sp³-hybridized carbons (Fsp3) is 0.556. The maximum Gasteiger partial charge on any atom is 0.131 e. The van der Waals surface area contributed by atoms with E-state index in [9.17, 15) is 0 Å². The Bertz CT molecular complexity index is 235. The lowest BCUT2D eigenvalue weighted by Crippen LogP contribution is -2.20. The van der Waals surface area contributed by atoms with Gasteiger partial charge in [-0.15, -0.1) is 0 Å². The lowest BCUT2D eigenvalue weighted by atomic mass is 9.97. The standard InChI is InChI=1S/C9H12ClNO/c10-9-6-7(3-5-12-9)8-2-1-4-11-8/h1-2,4,7,9,11H,3,5-6H2. The van der Waals surface area contributed by atoms with Crippen molar-refractivity contribution in [2.75, 3.05) is 6.61 Å². The van der Waals surface area contributed by atoms with Gasteiger partial charge in [0, 0.05) is 24.4 Å². The second-order valence-electron chi connectivity index (χ2n) is 3.13. The number of aromatic amines is 1. The Balaban J connectivity index is 2.04. The normalized spacial score (nSPS) is 30.4. The molecule has 0 radical (unpaired) electrons. The number of H-pyrrole nitrogens is 1. The average molecular weight is 186 g/mol. The first-order valence-electron chi connectivity index (χ1n) is 4.25. The van der Waals surface area contributed by atoms with Crippen LogP contribution in [-0.4, -0.2) is 17.2 Å². The van der Waals surface area contributed by atoms with Crippen molar-refractivity contribution in [2.24, 2.45) is 0 Å². The third-order valence-electron chi connectivity index (χ3n) is 2.30. The van der Waals surface area contributed by atoms with Gasteiger partial charge >= 0.3 is 0 Å². The highest BCUT2D eigenvalue weighted by Crippen LogP contribution is 2.30. The molecular formula is C9H12ClNO. The molecule has 2 atom stereocenters. The van der Waals surface area contributed by atoms with Crippen molar-refractivity contribution < 1.29 is 4.74 Å². The van der Waals surface area contributed by atoms with Gasteiger partial charge in [0.05, 0.1) is 0 Å². The number of hydrogen-bond donors (Lipinski definition) is 1. The lowest BCUT2D eigenvalue weighted by molar-refractivity contribution is 0.0564. The SMILES string of the molecule is ClC1CC(c2ccc[nH]2)CCO1. The van der Waals surface area contributed by atoms with E-state index in [0.29, 0.717) is 5.92 Å². The summed E-state index contributed by atoms with van der Waals surface area (Å²) in [5, 5.41) is 0. The van der Waals surface area contributed by atoms with Gasteiger partial charge in [-0.25, -0.2) is 0 Å². The predicted octanol–water partition coefficient (Wildman–Crippen LogP) is 2.47. The van der Waals surface area contributed by atoms with Crippen molar-refractivity contribution in [1.29, 1.82) is 0 Å². The number of hydrogen-bond acceptors (Lipinski definition) is 1. The topological polar surface area (TPSA) is 25.0 Å². The fourth-order valence-electron chi connectivity index (χ4n) is 1.63. The molecular weight excluding hydrogens is 174 g/mol. The van der Waals surface area contributed by atoms with Crippen LogP contribution in [-0.2, 0) is 4.74 Å².